The first kappa shape index (κ1) is 21.2. The summed E-state index contributed by atoms with van der Waals surface area (Å²) in [6.07, 6.45) is 3.66. The minimum absolute atomic E-state index is 0.151. The lowest BCUT2D eigenvalue weighted by atomic mass is 10.1. The van der Waals surface area contributed by atoms with Gasteiger partial charge < -0.3 is 10.2 Å². The third-order valence-electron chi connectivity index (χ3n) is 5.49. The van der Waals surface area contributed by atoms with Crippen LogP contribution in [0.3, 0.4) is 0 Å². The molecule has 0 aliphatic carbocycles. The van der Waals surface area contributed by atoms with Crippen LogP contribution in [0.25, 0.3) is 0 Å². The number of carbonyl (C=O) groups is 1. The molecule has 1 aliphatic heterocycles. The van der Waals surface area contributed by atoms with Gasteiger partial charge in [-0.2, -0.15) is 5.26 Å². The molecule has 0 saturated carbocycles. The minimum Gasteiger partial charge on any atom is -0.322 e. The summed E-state index contributed by atoms with van der Waals surface area (Å²) >= 11 is 1.44. The quantitative estimate of drug-likeness (QED) is 0.533. The fourth-order valence-electron chi connectivity index (χ4n) is 3.76. The highest BCUT2D eigenvalue weighted by Crippen LogP contribution is 2.33. The van der Waals surface area contributed by atoms with Gasteiger partial charge in [-0.25, -0.2) is 0 Å². The molecule has 3 aromatic carbocycles. The molecule has 1 amide bonds. The average Bonchev–Trinajstić information content (AvgIpc) is 3.33. The number of nitrogens with zero attached hydrogens (tertiary/aromatic N) is 2. The second-order valence-electron chi connectivity index (χ2n) is 7.66. The lowest BCUT2D eigenvalue weighted by Gasteiger charge is -2.14. The maximum atomic E-state index is 13.0. The summed E-state index contributed by atoms with van der Waals surface area (Å²) in [6.45, 7) is 3.52. The number of hydrogen-bond acceptors (Lipinski definition) is 4. The van der Waals surface area contributed by atoms with E-state index in [0.717, 1.165) is 28.4 Å². The molecule has 156 valence electrons. The summed E-state index contributed by atoms with van der Waals surface area (Å²) in [4.78, 5) is 17.1. The Morgan fingerprint density at radius 3 is 2.35 bits per heavy atom. The molecule has 0 aromatic heterocycles. The number of rotatable bonds is 7. The van der Waals surface area contributed by atoms with Crippen LogP contribution in [0.1, 0.15) is 34.3 Å². The Kier molecular flexibility index (Phi) is 7.03. The van der Waals surface area contributed by atoms with Gasteiger partial charge in [-0.1, -0.05) is 48.2 Å². The molecule has 1 saturated heterocycles. The zero-order valence-corrected chi connectivity index (χ0v) is 18.2. The van der Waals surface area contributed by atoms with Crippen molar-refractivity contribution in [1.82, 2.24) is 4.90 Å². The Labute approximate surface area is 187 Å². The van der Waals surface area contributed by atoms with Crippen LogP contribution in [-0.2, 0) is 6.42 Å². The molecule has 0 unspecified atom stereocenters. The van der Waals surface area contributed by atoms with E-state index in [1.165, 1.54) is 43.3 Å². The van der Waals surface area contributed by atoms with Gasteiger partial charge in [0.25, 0.3) is 5.91 Å². The highest BCUT2D eigenvalue weighted by Gasteiger charge is 2.14. The van der Waals surface area contributed by atoms with Crippen LogP contribution in [0.5, 0.6) is 0 Å². The molecular formula is C26H25N3OS. The van der Waals surface area contributed by atoms with Crippen LogP contribution in [0.15, 0.2) is 82.6 Å². The highest BCUT2D eigenvalue weighted by molar-refractivity contribution is 7.99. The second-order valence-corrected chi connectivity index (χ2v) is 8.74. The van der Waals surface area contributed by atoms with Crippen molar-refractivity contribution >= 4 is 23.4 Å². The third kappa shape index (κ3) is 5.55. The molecular weight excluding hydrogens is 402 g/mol. The number of hydrogen-bond donors (Lipinski definition) is 1. The van der Waals surface area contributed by atoms with Crippen molar-refractivity contribution in [2.45, 2.75) is 29.1 Å². The van der Waals surface area contributed by atoms with Gasteiger partial charge in [-0.05, 0) is 74.3 Å². The van der Waals surface area contributed by atoms with Gasteiger partial charge in [0, 0.05) is 22.0 Å². The van der Waals surface area contributed by atoms with Gasteiger partial charge in [0.2, 0.25) is 0 Å². The van der Waals surface area contributed by atoms with E-state index in [4.69, 9.17) is 0 Å². The lowest BCUT2D eigenvalue weighted by Crippen LogP contribution is -2.21. The van der Waals surface area contributed by atoms with Gasteiger partial charge >= 0.3 is 0 Å². The van der Waals surface area contributed by atoms with Gasteiger partial charge in [0.05, 0.1) is 11.1 Å². The van der Waals surface area contributed by atoms with Crippen molar-refractivity contribution in [1.29, 1.82) is 5.26 Å². The predicted octanol–water partition coefficient (Wildman–Crippen LogP) is 5.60. The maximum absolute atomic E-state index is 13.0. The zero-order chi connectivity index (χ0) is 21.5. The van der Waals surface area contributed by atoms with E-state index in [1.54, 1.807) is 6.07 Å². The van der Waals surface area contributed by atoms with Gasteiger partial charge in [0.15, 0.2) is 0 Å². The Balaban J connectivity index is 1.42. The molecule has 4 nitrogen and oxygen atoms in total. The zero-order valence-electron chi connectivity index (χ0n) is 17.4. The van der Waals surface area contributed by atoms with Crippen molar-refractivity contribution < 1.29 is 4.79 Å². The first-order chi connectivity index (χ1) is 15.2. The van der Waals surface area contributed by atoms with Gasteiger partial charge in [-0.15, -0.1) is 0 Å². The van der Waals surface area contributed by atoms with Crippen LogP contribution in [0, 0.1) is 11.3 Å². The number of amides is 1. The Morgan fingerprint density at radius 1 is 0.935 bits per heavy atom. The summed E-state index contributed by atoms with van der Waals surface area (Å²) < 4.78 is 0. The Morgan fingerprint density at radius 2 is 1.61 bits per heavy atom. The summed E-state index contributed by atoms with van der Waals surface area (Å²) in [6, 6.07) is 25.3. The molecule has 1 aliphatic rings. The van der Waals surface area contributed by atoms with Crippen molar-refractivity contribution in [2.75, 3.05) is 25.0 Å². The summed E-state index contributed by atoms with van der Waals surface area (Å²) in [5.74, 6) is -0.151. The Bertz CT molecular complexity index is 1080. The van der Waals surface area contributed by atoms with Gasteiger partial charge in [-0.3, -0.25) is 4.79 Å². The fourth-order valence-corrected chi connectivity index (χ4v) is 4.78. The molecule has 1 fully saturated rings. The summed E-state index contributed by atoms with van der Waals surface area (Å²) in [5.41, 5.74) is 3.27. The molecule has 5 heteroatoms. The first-order valence-electron chi connectivity index (χ1n) is 10.6. The predicted molar refractivity (Wildman–Crippen MR) is 125 cm³/mol. The van der Waals surface area contributed by atoms with Crippen LogP contribution >= 0.6 is 11.8 Å². The van der Waals surface area contributed by atoms with Crippen LogP contribution in [0.2, 0.25) is 0 Å². The maximum Gasteiger partial charge on any atom is 0.256 e. The molecule has 0 spiro atoms. The number of anilines is 1. The summed E-state index contributed by atoms with van der Waals surface area (Å²) in [7, 11) is 0. The van der Waals surface area contributed by atoms with Crippen LogP contribution in [0.4, 0.5) is 5.69 Å². The molecule has 31 heavy (non-hydrogen) atoms. The van der Waals surface area contributed by atoms with E-state index in [1.807, 2.05) is 54.6 Å². The Hall–Kier alpha value is -3.07. The molecule has 0 atom stereocenters. The van der Waals surface area contributed by atoms with Crippen molar-refractivity contribution in [3.63, 3.8) is 0 Å². The second kappa shape index (κ2) is 10.3. The summed E-state index contributed by atoms with van der Waals surface area (Å²) in [5, 5.41) is 12.4. The number of likely N-dealkylation sites (tertiary alicyclic amines) is 1. The van der Waals surface area contributed by atoms with Crippen LogP contribution in [-0.4, -0.2) is 30.4 Å². The van der Waals surface area contributed by atoms with Crippen LogP contribution < -0.4 is 5.32 Å². The number of nitriles is 1. The molecule has 3 aromatic rings. The molecule has 0 radical (unpaired) electrons. The van der Waals surface area contributed by atoms with E-state index in [2.05, 4.69) is 28.4 Å². The smallest absolute Gasteiger partial charge is 0.256 e. The normalized spacial score (nSPS) is 13.6. The third-order valence-corrected chi connectivity index (χ3v) is 6.64. The van der Waals surface area contributed by atoms with E-state index in [0.29, 0.717) is 11.1 Å². The largest absolute Gasteiger partial charge is 0.322 e. The van der Waals surface area contributed by atoms with E-state index in [-0.39, 0.29) is 5.91 Å². The minimum atomic E-state index is -0.151. The molecule has 0 bridgehead atoms. The van der Waals surface area contributed by atoms with E-state index >= 15 is 0 Å². The van der Waals surface area contributed by atoms with Crippen molar-refractivity contribution in [2.24, 2.45) is 0 Å². The van der Waals surface area contributed by atoms with Crippen molar-refractivity contribution in [3.05, 3.63) is 89.5 Å². The fraction of sp³-hybridized carbons (Fsp3) is 0.231. The number of carbonyl (C=O) groups excluding carboxylic acids is 1. The average molecular weight is 428 g/mol. The number of benzene rings is 3. The van der Waals surface area contributed by atoms with E-state index in [9.17, 15) is 10.1 Å². The topological polar surface area (TPSA) is 56.1 Å². The monoisotopic (exact) mass is 427 g/mol. The first-order valence-corrected chi connectivity index (χ1v) is 11.4. The molecule has 4 rings (SSSR count). The van der Waals surface area contributed by atoms with E-state index < -0.39 is 0 Å². The van der Waals surface area contributed by atoms with Crippen molar-refractivity contribution in [3.8, 4) is 6.07 Å². The van der Waals surface area contributed by atoms with Gasteiger partial charge in [0.1, 0.15) is 6.07 Å². The molecule has 1 heterocycles. The molecule has 1 N–H and O–H groups in total. The SMILES string of the molecule is N#Cc1ccccc1Sc1ccccc1C(=O)Nc1ccc(CCN2CCCC2)cc1. The lowest BCUT2D eigenvalue weighted by molar-refractivity contribution is 0.102. The highest BCUT2D eigenvalue weighted by atomic mass is 32.2. The number of nitrogens with one attached hydrogen (secondary N) is 1. The standard InChI is InChI=1S/C26H25N3OS/c27-19-21-7-1-3-9-24(21)31-25-10-4-2-8-23(25)26(30)28-22-13-11-20(12-14-22)15-18-29-16-5-6-17-29/h1-4,7-14H,5-6,15-18H2,(H,28,30).